The van der Waals surface area contributed by atoms with Crippen molar-refractivity contribution < 1.29 is 23.8 Å². The Hall–Kier alpha value is -3.87. The molecule has 0 saturated carbocycles. The maximum absolute atomic E-state index is 12.1. The van der Waals surface area contributed by atoms with Crippen molar-refractivity contribution in [2.24, 2.45) is 0 Å². The molecule has 1 atom stereocenters. The van der Waals surface area contributed by atoms with Crippen LogP contribution in [0.15, 0.2) is 48.8 Å². The van der Waals surface area contributed by atoms with Gasteiger partial charge in [0.25, 0.3) is 5.91 Å². The van der Waals surface area contributed by atoms with Crippen LogP contribution in [-0.2, 0) is 17.6 Å². The highest BCUT2D eigenvalue weighted by atomic mass is 16.5. The van der Waals surface area contributed by atoms with Crippen LogP contribution in [-0.4, -0.2) is 35.6 Å². The molecule has 0 radical (unpaired) electrons. The molecule has 0 bridgehead atoms. The number of fused-ring (bicyclic) bond motifs is 1. The number of esters is 1. The summed E-state index contributed by atoms with van der Waals surface area (Å²) in [5.74, 6) is 1.90. The van der Waals surface area contributed by atoms with E-state index in [4.69, 9.17) is 14.2 Å². The summed E-state index contributed by atoms with van der Waals surface area (Å²) < 4.78 is 18.2. The lowest BCUT2D eigenvalue weighted by Gasteiger charge is -2.37. The number of rotatable bonds is 9. The average molecular weight is 517 g/mol. The van der Waals surface area contributed by atoms with Crippen LogP contribution < -0.4 is 19.5 Å². The van der Waals surface area contributed by atoms with E-state index in [1.54, 1.807) is 24.5 Å². The van der Waals surface area contributed by atoms with E-state index in [0.29, 0.717) is 24.5 Å². The summed E-state index contributed by atoms with van der Waals surface area (Å²) in [7, 11) is 0. The Balaban J connectivity index is 1.29. The quantitative estimate of drug-likeness (QED) is 0.231. The Kier molecular flexibility index (Phi) is 8.35. The summed E-state index contributed by atoms with van der Waals surface area (Å²) in [6.07, 6.45) is 6.54. The van der Waals surface area contributed by atoms with Gasteiger partial charge in [-0.3, -0.25) is 14.6 Å². The van der Waals surface area contributed by atoms with Crippen molar-refractivity contribution in [1.82, 2.24) is 10.3 Å². The minimum Gasteiger partial charge on any atom is -0.489 e. The Labute approximate surface area is 224 Å². The summed E-state index contributed by atoms with van der Waals surface area (Å²) in [5, 5.41) is 2.93. The number of carbonyl (C=O) groups is 2. The molecule has 1 unspecified atom stereocenters. The van der Waals surface area contributed by atoms with Gasteiger partial charge in [0.1, 0.15) is 29.5 Å². The zero-order valence-corrected chi connectivity index (χ0v) is 22.8. The highest BCUT2D eigenvalue weighted by Crippen LogP contribution is 2.44. The lowest BCUT2D eigenvalue weighted by Crippen LogP contribution is -2.42. The first-order chi connectivity index (χ1) is 18.2. The van der Waals surface area contributed by atoms with E-state index in [1.165, 1.54) is 12.5 Å². The molecular formula is C31H36N2O5. The van der Waals surface area contributed by atoms with Gasteiger partial charge < -0.3 is 19.5 Å². The highest BCUT2D eigenvalue weighted by Gasteiger charge is 2.35. The molecule has 1 aliphatic rings. The zero-order chi connectivity index (χ0) is 27.3. The maximum atomic E-state index is 12.1. The number of pyridine rings is 1. The van der Waals surface area contributed by atoms with E-state index in [1.807, 2.05) is 32.9 Å². The van der Waals surface area contributed by atoms with Crippen LogP contribution in [0.1, 0.15) is 64.9 Å². The normalized spacial score (nSPS) is 16.2. The van der Waals surface area contributed by atoms with E-state index >= 15 is 0 Å². The fourth-order valence-electron chi connectivity index (χ4n) is 4.76. The van der Waals surface area contributed by atoms with Gasteiger partial charge in [-0.2, -0.15) is 0 Å². The molecule has 1 aromatic heterocycles. The first-order valence-electron chi connectivity index (χ1n) is 13.1. The highest BCUT2D eigenvalue weighted by molar-refractivity contribution is 5.93. The number of amides is 1. The Bertz CT molecular complexity index is 1300. The lowest BCUT2D eigenvalue weighted by molar-refractivity contribution is -0.132. The maximum Gasteiger partial charge on any atom is 0.308 e. The molecule has 2 aromatic carbocycles. The molecule has 2 heterocycles. The van der Waals surface area contributed by atoms with Gasteiger partial charge in [0.2, 0.25) is 0 Å². The monoisotopic (exact) mass is 516 g/mol. The number of nitrogens with one attached hydrogen (secondary N) is 1. The van der Waals surface area contributed by atoms with E-state index in [2.05, 4.69) is 29.4 Å². The van der Waals surface area contributed by atoms with Crippen molar-refractivity contribution in [3.63, 3.8) is 0 Å². The first-order valence-corrected chi connectivity index (χ1v) is 13.1. The van der Waals surface area contributed by atoms with E-state index in [9.17, 15) is 9.59 Å². The van der Waals surface area contributed by atoms with Crippen molar-refractivity contribution in [3.05, 3.63) is 82.2 Å². The van der Waals surface area contributed by atoms with Gasteiger partial charge >= 0.3 is 5.97 Å². The molecule has 0 spiro atoms. The molecule has 4 rings (SSSR count). The lowest BCUT2D eigenvalue weighted by atomic mass is 9.87. The van der Waals surface area contributed by atoms with Crippen LogP contribution in [0, 0.1) is 20.8 Å². The van der Waals surface area contributed by atoms with Crippen LogP contribution in [0.4, 0.5) is 0 Å². The Morgan fingerprint density at radius 3 is 2.53 bits per heavy atom. The minimum absolute atomic E-state index is 0.103. The van der Waals surface area contributed by atoms with Crippen LogP contribution in [0.5, 0.6) is 17.2 Å². The molecule has 0 aliphatic carbocycles. The number of aryl methyl sites for hydroxylation is 1. The van der Waals surface area contributed by atoms with Gasteiger partial charge in [0.05, 0.1) is 5.56 Å². The second kappa shape index (κ2) is 11.7. The number of benzene rings is 2. The molecule has 0 saturated heterocycles. The number of carbonyl (C=O) groups excluding carboxylic acids is 2. The fraction of sp³-hybridized carbons (Fsp3) is 0.387. The third-order valence-corrected chi connectivity index (χ3v) is 7.13. The van der Waals surface area contributed by atoms with Gasteiger partial charge in [-0.25, -0.2) is 0 Å². The number of ether oxygens (including phenoxy) is 3. The minimum atomic E-state index is -0.468. The van der Waals surface area contributed by atoms with Gasteiger partial charge in [-0.1, -0.05) is 12.1 Å². The van der Waals surface area contributed by atoms with E-state index in [0.717, 1.165) is 59.4 Å². The summed E-state index contributed by atoms with van der Waals surface area (Å²) in [6, 6.07) is 11.6. The molecule has 7 heteroatoms. The van der Waals surface area contributed by atoms with Crippen molar-refractivity contribution in [1.29, 1.82) is 0 Å². The largest absolute Gasteiger partial charge is 0.489 e. The van der Waals surface area contributed by atoms with Crippen molar-refractivity contribution in [2.45, 2.75) is 65.9 Å². The van der Waals surface area contributed by atoms with Crippen molar-refractivity contribution >= 4 is 11.9 Å². The second-order valence-corrected chi connectivity index (χ2v) is 10.2. The van der Waals surface area contributed by atoms with Gasteiger partial charge in [0.15, 0.2) is 0 Å². The summed E-state index contributed by atoms with van der Waals surface area (Å²) in [4.78, 5) is 27.7. The number of hydrogen-bond donors (Lipinski definition) is 1. The predicted octanol–water partition coefficient (Wildman–Crippen LogP) is 5.46. The molecule has 1 amide bonds. The molecular weight excluding hydrogens is 480 g/mol. The molecule has 0 fully saturated rings. The van der Waals surface area contributed by atoms with Crippen LogP contribution in [0.2, 0.25) is 0 Å². The predicted molar refractivity (Wildman–Crippen MR) is 146 cm³/mol. The number of aromatic nitrogens is 1. The third-order valence-electron chi connectivity index (χ3n) is 7.13. The van der Waals surface area contributed by atoms with Gasteiger partial charge in [-0.05, 0) is 99.9 Å². The molecule has 38 heavy (non-hydrogen) atoms. The standard InChI is InChI=1S/C31H36N2O5/c1-20-21(2)29-27(22(3)28(20)37-23(4)34)14-15-31(5,38-29)19-36-26-12-10-24(11-13-26)8-6-17-33-30(35)25-9-7-16-32-18-25/h7,9-13,16,18H,6,8,14-15,17,19H2,1-5H3,(H,33,35). The Morgan fingerprint density at radius 2 is 1.84 bits per heavy atom. The summed E-state index contributed by atoms with van der Waals surface area (Å²) in [6.45, 7) is 10.5. The zero-order valence-electron chi connectivity index (χ0n) is 22.8. The molecule has 7 nitrogen and oxygen atoms in total. The topological polar surface area (TPSA) is 86.8 Å². The van der Waals surface area contributed by atoms with Crippen molar-refractivity contribution in [2.75, 3.05) is 13.2 Å². The Morgan fingerprint density at radius 1 is 1.08 bits per heavy atom. The molecule has 200 valence electrons. The van der Waals surface area contributed by atoms with Gasteiger partial charge in [-0.15, -0.1) is 0 Å². The van der Waals surface area contributed by atoms with Crippen molar-refractivity contribution in [3.8, 4) is 17.2 Å². The van der Waals surface area contributed by atoms with Crippen LogP contribution in [0.3, 0.4) is 0 Å². The molecule has 1 N–H and O–H groups in total. The summed E-state index contributed by atoms with van der Waals surface area (Å²) >= 11 is 0. The van der Waals surface area contributed by atoms with Gasteiger partial charge in [0, 0.05) is 31.4 Å². The summed E-state index contributed by atoms with van der Waals surface area (Å²) in [5.41, 5.74) is 5.27. The first kappa shape index (κ1) is 27.2. The van der Waals surface area contributed by atoms with Crippen LogP contribution >= 0.6 is 0 Å². The third kappa shape index (κ3) is 6.33. The van der Waals surface area contributed by atoms with Crippen LogP contribution in [0.25, 0.3) is 0 Å². The number of hydrogen-bond acceptors (Lipinski definition) is 6. The SMILES string of the molecule is CC(=O)Oc1c(C)c(C)c2c(c1C)CCC(C)(COc1ccc(CCCNC(=O)c3cccnc3)cc1)O2. The second-order valence-electron chi connectivity index (χ2n) is 10.2. The molecule has 1 aliphatic heterocycles. The van der Waals surface area contributed by atoms with E-state index in [-0.39, 0.29) is 11.9 Å². The fourth-order valence-corrected chi connectivity index (χ4v) is 4.76. The van der Waals surface area contributed by atoms with E-state index < -0.39 is 5.60 Å². The number of nitrogens with zero attached hydrogens (tertiary/aromatic N) is 1. The average Bonchev–Trinajstić information content (AvgIpc) is 2.92. The molecule has 3 aromatic rings. The smallest absolute Gasteiger partial charge is 0.308 e.